The summed E-state index contributed by atoms with van der Waals surface area (Å²) in [4.78, 5) is 12.9. The highest BCUT2D eigenvalue weighted by atomic mass is 32.2. The molecule has 1 atom stereocenters. The number of sulfonamides is 1. The molecule has 1 heterocycles. The maximum Gasteiger partial charge on any atom is 0.264 e. The molecule has 1 saturated carbocycles. The van der Waals surface area contributed by atoms with Crippen molar-refractivity contribution in [3.8, 4) is 11.5 Å². The second kappa shape index (κ2) is 7.94. The summed E-state index contributed by atoms with van der Waals surface area (Å²) in [6.45, 7) is -0.0794. The van der Waals surface area contributed by atoms with Crippen LogP contribution in [-0.4, -0.2) is 40.1 Å². The summed E-state index contributed by atoms with van der Waals surface area (Å²) in [5, 5.41) is 3.00. The van der Waals surface area contributed by atoms with Gasteiger partial charge < -0.3 is 14.8 Å². The van der Waals surface area contributed by atoms with Gasteiger partial charge in [0.1, 0.15) is 11.5 Å². The highest BCUT2D eigenvalue weighted by Crippen LogP contribution is 2.37. The second-order valence-corrected chi connectivity index (χ2v) is 9.14. The molecule has 0 saturated heterocycles. The number of anilines is 1. The molecule has 1 fully saturated rings. The number of fused-ring (bicyclic) bond motifs is 1. The molecule has 1 amide bonds. The van der Waals surface area contributed by atoms with Gasteiger partial charge in [-0.1, -0.05) is 25.0 Å². The number of nitrogens with one attached hydrogen (secondary N) is 1. The van der Waals surface area contributed by atoms with Gasteiger partial charge in [0.05, 0.1) is 24.2 Å². The van der Waals surface area contributed by atoms with E-state index in [0.717, 1.165) is 25.7 Å². The molecule has 4 rings (SSSR count). The Balaban J connectivity index is 1.64. The number of hydrogen-bond donors (Lipinski definition) is 1. The number of rotatable bonds is 5. The molecule has 0 aromatic heterocycles. The molecule has 29 heavy (non-hydrogen) atoms. The largest absolute Gasteiger partial charge is 0.497 e. The first-order chi connectivity index (χ1) is 14.0. The number of benzene rings is 2. The minimum Gasteiger partial charge on any atom is -0.497 e. The SMILES string of the molecule is COc1ccc(S(=O)(=O)N2CC(C(=O)NC3CCCC3)Oc3ccccc32)cc1. The second-order valence-electron chi connectivity index (χ2n) is 7.28. The molecule has 2 aromatic rings. The smallest absolute Gasteiger partial charge is 0.264 e. The van der Waals surface area contributed by atoms with Crippen LogP contribution in [0.15, 0.2) is 53.4 Å². The van der Waals surface area contributed by atoms with Crippen molar-refractivity contribution in [1.29, 1.82) is 0 Å². The molecular weight excluding hydrogens is 392 g/mol. The number of carbonyl (C=O) groups excluding carboxylic acids is 1. The van der Waals surface area contributed by atoms with E-state index < -0.39 is 16.1 Å². The highest BCUT2D eigenvalue weighted by Gasteiger charge is 2.38. The fourth-order valence-corrected chi connectivity index (χ4v) is 5.28. The third-order valence-corrected chi connectivity index (χ3v) is 7.17. The number of para-hydroxylation sites is 2. The molecular formula is C21H24N2O5S. The van der Waals surface area contributed by atoms with Gasteiger partial charge in [0, 0.05) is 6.04 Å². The van der Waals surface area contributed by atoms with Crippen molar-refractivity contribution in [2.45, 2.75) is 42.7 Å². The Hall–Kier alpha value is -2.74. The number of ether oxygens (including phenoxy) is 2. The number of carbonyl (C=O) groups is 1. The molecule has 1 aliphatic heterocycles. The van der Waals surface area contributed by atoms with Gasteiger partial charge in [-0.05, 0) is 49.2 Å². The van der Waals surface area contributed by atoms with E-state index in [1.807, 2.05) is 0 Å². The third kappa shape index (κ3) is 3.89. The summed E-state index contributed by atoms with van der Waals surface area (Å²) >= 11 is 0. The predicted molar refractivity (Wildman–Crippen MR) is 109 cm³/mol. The zero-order valence-electron chi connectivity index (χ0n) is 16.2. The van der Waals surface area contributed by atoms with E-state index in [9.17, 15) is 13.2 Å². The van der Waals surface area contributed by atoms with Crippen LogP contribution in [0.5, 0.6) is 11.5 Å². The van der Waals surface area contributed by atoms with Crippen molar-refractivity contribution < 1.29 is 22.7 Å². The average molecular weight is 416 g/mol. The maximum absolute atomic E-state index is 13.4. The van der Waals surface area contributed by atoms with E-state index >= 15 is 0 Å². The summed E-state index contributed by atoms with van der Waals surface area (Å²) in [5.74, 6) is 0.670. The lowest BCUT2D eigenvalue weighted by atomic mass is 10.2. The molecule has 2 aliphatic rings. The summed E-state index contributed by atoms with van der Waals surface area (Å²) in [7, 11) is -2.35. The van der Waals surface area contributed by atoms with E-state index in [0.29, 0.717) is 17.2 Å². The fourth-order valence-electron chi connectivity index (χ4n) is 3.81. The van der Waals surface area contributed by atoms with Gasteiger partial charge in [0.15, 0.2) is 6.10 Å². The summed E-state index contributed by atoms with van der Waals surface area (Å²) < 4.78 is 39.0. The lowest BCUT2D eigenvalue weighted by Crippen LogP contribution is -2.52. The van der Waals surface area contributed by atoms with Gasteiger partial charge in [-0.15, -0.1) is 0 Å². The van der Waals surface area contributed by atoms with Crippen molar-refractivity contribution in [3.63, 3.8) is 0 Å². The number of amides is 1. The van der Waals surface area contributed by atoms with E-state index in [2.05, 4.69) is 5.32 Å². The Labute approximate surface area is 170 Å². The summed E-state index contributed by atoms with van der Waals surface area (Å²) in [6, 6.07) is 13.2. The molecule has 1 N–H and O–H groups in total. The fraction of sp³-hybridized carbons (Fsp3) is 0.381. The number of methoxy groups -OCH3 is 1. The first kappa shape index (κ1) is 19.6. The van der Waals surface area contributed by atoms with Gasteiger partial charge in [-0.3, -0.25) is 9.10 Å². The zero-order valence-corrected chi connectivity index (χ0v) is 17.0. The van der Waals surface area contributed by atoms with Gasteiger partial charge in [0.2, 0.25) is 0 Å². The monoisotopic (exact) mass is 416 g/mol. The van der Waals surface area contributed by atoms with Crippen LogP contribution in [0.25, 0.3) is 0 Å². The van der Waals surface area contributed by atoms with Gasteiger partial charge in [-0.2, -0.15) is 0 Å². The first-order valence-electron chi connectivity index (χ1n) is 9.72. The van der Waals surface area contributed by atoms with Crippen LogP contribution >= 0.6 is 0 Å². The van der Waals surface area contributed by atoms with Crippen molar-refractivity contribution in [2.24, 2.45) is 0 Å². The topological polar surface area (TPSA) is 84.9 Å². The van der Waals surface area contributed by atoms with E-state index in [4.69, 9.17) is 9.47 Å². The minimum absolute atomic E-state index is 0.0794. The van der Waals surface area contributed by atoms with E-state index in [1.165, 1.54) is 23.5 Å². The van der Waals surface area contributed by atoms with Crippen LogP contribution in [0.1, 0.15) is 25.7 Å². The molecule has 0 bridgehead atoms. The van der Waals surface area contributed by atoms with Gasteiger partial charge >= 0.3 is 0 Å². The normalized spacial score (nSPS) is 19.3. The van der Waals surface area contributed by atoms with Crippen LogP contribution in [0.4, 0.5) is 5.69 Å². The van der Waals surface area contributed by atoms with Crippen LogP contribution in [0.3, 0.4) is 0 Å². The lowest BCUT2D eigenvalue weighted by molar-refractivity contribution is -0.128. The van der Waals surface area contributed by atoms with Crippen LogP contribution in [0, 0.1) is 0 Å². The molecule has 2 aromatic carbocycles. The molecule has 8 heteroatoms. The van der Waals surface area contributed by atoms with E-state index in [-0.39, 0.29) is 23.4 Å². The summed E-state index contributed by atoms with van der Waals surface area (Å²) in [6.07, 6.45) is 3.18. The molecule has 1 aliphatic carbocycles. The Kier molecular flexibility index (Phi) is 5.36. The molecule has 7 nitrogen and oxygen atoms in total. The van der Waals surface area contributed by atoms with Gasteiger partial charge in [0.25, 0.3) is 15.9 Å². The first-order valence-corrected chi connectivity index (χ1v) is 11.2. The summed E-state index contributed by atoms with van der Waals surface area (Å²) in [5.41, 5.74) is 0.424. The van der Waals surface area contributed by atoms with Gasteiger partial charge in [-0.25, -0.2) is 8.42 Å². The Morgan fingerprint density at radius 3 is 2.48 bits per heavy atom. The molecule has 0 spiro atoms. The van der Waals surface area contributed by atoms with Crippen molar-refractivity contribution in [1.82, 2.24) is 5.32 Å². The van der Waals surface area contributed by atoms with E-state index in [1.54, 1.807) is 36.4 Å². The lowest BCUT2D eigenvalue weighted by Gasteiger charge is -2.35. The minimum atomic E-state index is -3.88. The zero-order chi connectivity index (χ0) is 20.4. The predicted octanol–water partition coefficient (Wildman–Crippen LogP) is 2.71. The Morgan fingerprint density at radius 2 is 1.79 bits per heavy atom. The highest BCUT2D eigenvalue weighted by molar-refractivity contribution is 7.92. The van der Waals surface area contributed by atoms with Crippen molar-refractivity contribution >= 4 is 21.6 Å². The number of nitrogens with zero attached hydrogens (tertiary/aromatic N) is 1. The Bertz CT molecular complexity index is 984. The van der Waals surface area contributed by atoms with Crippen LogP contribution in [0.2, 0.25) is 0 Å². The molecule has 1 unspecified atom stereocenters. The average Bonchev–Trinajstić information content (AvgIpc) is 3.26. The van der Waals surface area contributed by atoms with Crippen molar-refractivity contribution in [3.05, 3.63) is 48.5 Å². The standard InChI is InChI=1S/C21H24N2O5S/c1-27-16-10-12-17(13-11-16)29(25,26)23-14-20(21(24)22-15-6-2-3-7-15)28-19-9-5-4-8-18(19)23/h4-5,8-13,15,20H,2-3,6-7,14H2,1H3,(H,22,24). The van der Waals surface area contributed by atoms with Crippen LogP contribution < -0.4 is 19.1 Å². The third-order valence-electron chi connectivity index (χ3n) is 5.38. The maximum atomic E-state index is 13.4. The Morgan fingerprint density at radius 1 is 1.10 bits per heavy atom. The quantitative estimate of drug-likeness (QED) is 0.810. The molecule has 154 valence electrons. The number of hydrogen-bond acceptors (Lipinski definition) is 5. The van der Waals surface area contributed by atoms with Crippen LogP contribution in [-0.2, 0) is 14.8 Å². The van der Waals surface area contributed by atoms with Crippen molar-refractivity contribution in [2.75, 3.05) is 18.0 Å². The molecule has 0 radical (unpaired) electrons.